The number of phenols is 1. The van der Waals surface area contributed by atoms with E-state index in [0.717, 1.165) is 18.4 Å². The normalized spacial score (nSPS) is 20.9. The standard InChI is InChI=1S/C16H23NO2.C2H4/c1-12-4-3-5-14(12)10-17(2)11-16(19)13-6-8-15(18)9-7-13;1-2/h6-9,12,14,18H,3-5,10-11H2,1-2H3;1-2H2. The number of aromatic hydroxyl groups is 1. The van der Waals surface area contributed by atoms with Crippen LogP contribution in [0.5, 0.6) is 5.75 Å². The van der Waals surface area contributed by atoms with Crippen LogP contribution in [0.2, 0.25) is 0 Å². The van der Waals surface area contributed by atoms with Crippen molar-refractivity contribution < 1.29 is 9.90 Å². The molecule has 2 atom stereocenters. The number of hydrogen-bond acceptors (Lipinski definition) is 3. The topological polar surface area (TPSA) is 40.5 Å². The molecule has 1 aliphatic carbocycles. The summed E-state index contributed by atoms with van der Waals surface area (Å²) in [5.41, 5.74) is 0.670. The Morgan fingerprint density at radius 3 is 2.43 bits per heavy atom. The molecule has 0 saturated heterocycles. The number of ketones is 1. The Morgan fingerprint density at radius 1 is 1.29 bits per heavy atom. The van der Waals surface area contributed by atoms with Gasteiger partial charge in [-0.25, -0.2) is 0 Å². The second-order valence-electron chi connectivity index (χ2n) is 5.84. The van der Waals surface area contributed by atoms with E-state index in [1.165, 1.54) is 19.3 Å². The van der Waals surface area contributed by atoms with Gasteiger partial charge in [0.25, 0.3) is 0 Å². The zero-order valence-electron chi connectivity index (χ0n) is 13.2. The maximum absolute atomic E-state index is 12.1. The third kappa shape index (κ3) is 5.35. The summed E-state index contributed by atoms with van der Waals surface area (Å²) in [5, 5.41) is 9.22. The van der Waals surface area contributed by atoms with Crippen molar-refractivity contribution in [2.75, 3.05) is 20.1 Å². The predicted octanol–water partition coefficient (Wildman–Crippen LogP) is 3.75. The molecule has 2 unspecified atom stereocenters. The van der Waals surface area contributed by atoms with Crippen LogP contribution < -0.4 is 0 Å². The maximum atomic E-state index is 12.1. The minimum absolute atomic E-state index is 0.119. The average molecular weight is 289 g/mol. The van der Waals surface area contributed by atoms with E-state index in [1.807, 2.05) is 7.05 Å². The molecule has 0 spiro atoms. The maximum Gasteiger partial charge on any atom is 0.176 e. The largest absolute Gasteiger partial charge is 0.508 e. The van der Waals surface area contributed by atoms with Gasteiger partial charge in [0.05, 0.1) is 6.54 Å². The summed E-state index contributed by atoms with van der Waals surface area (Å²) >= 11 is 0. The molecule has 116 valence electrons. The molecule has 0 radical (unpaired) electrons. The first-order valence-corrected chi connectivity index (χ1v) is 7.57. The second-order valence-corrected chi connectivity index (χ2v) is 5.84. The number of rotatable bonds is 5. The molecule has 0 bridgehead atoms. The van der Waals surface area contributed by atoms with E-state index in [-0.39, 0.29) is 11.5 Å². The van der Waals surface area contributed by atoms with E-state index in [1.54, 1.807) is 24.3 Å². The van der Waals surface area contributed by atoms with Crippen molar-refractivity contribution in [3.63, 3.8) is 0 Å². The SMILES string of the molecule is C=C.CC1CCCC1CN(C)CC(=O)c1ccc(O)cc1. The highest BCUT2D eigenvalue weighted by Gasteiger charge is 2.24. The number of hydrogen-bond donors (Lipinski definition) is 1. The van der Waals surface area contributed by atoms with Crippen LogP contribution in [-0.2, 0) is 0 Å². The second kappa shape index (κ2) is 8.63. The summed E-state index contributed by atoms with van der Waals surface area (Å²) in [5.74, 6) is 1.83. The molecule has 1 aromatic carbocycles. The Hall–Kier alpha value is -1.61. The number of Topliss-reactive ketones (excluding diaryl/α,β-unsaturated/α-hetero) is 1. The molecule has 3 nitrogen and oxygen atoms in total. The molecule has 1 fully saturated rings. The first kappa shape index (κ1) is 17.4. The van der Waals surface area contributed by atoms with Gasteiger partial charge in [0.2, 0.25) is 0 Å². The lowest BCUT2D eigenvalue weighted by Crippen LogP contribution is -2.31. The summed E-state index contributed by atoms with van der Waals surface area (Å²) in [4.78, 5) is 14.2. The fourth-order valence-corrected chi connectivity index (χ4v) is 2.94. The zero-order chi connectivity index (χ0) is 15.8. The minimum Gasteiger partial charge on any atom is -0.508 e. The lowest BCUT2D eigenvalue weighted by Gasteiger charge is -2.23. The molecule has 0 aliphatic heterocycles. The molecule has 21 heavy (non-hydrogen) atoms. The summed E-state index contributed by atoms with van der Waals surface area (Å²) in [6, 6.07) is 6.49. The molecule has 1 saturated carbocycles. The van der Waals surface area contributed by atoms with Crippen LogP contribution in [0.25, 0.3) is 0 Å². The van der Waals surface area contributed by atoms with Gasteiger partial charge >= 0.3 is 0 Å². The molecule has 3 heteroatoms. The van der Waals surface area contributed by atoms with Crippen molar-refractivity contribution in [2.24, 2.45) is 11.8 Å². The smallest absolute Gasteiger partial charge is 0.176 e. The lowest BCUT2D eigenvalue weighted by atomic mass is 9.97. The van der Waals surface area contributed by atoms with Gasteiger partial charge < -0.3 is 5.11 Å². The monoisotopic (exact) mass is 289 g/mol. The molecular weight excluding hydrogens is 262 g/mol. The summed E-state index contributed by atoms with van der Waals surface area (Å²) in [6.45, 7) is 9.77. The Morgan fingerprint density at radius 2 is 1.90 bits per heavy atom. The van der Waals surface area contributed by atoms with E-state index < -0.39 is 0 Å². The quantitative estimate of drug-likeness (QED) is 0.663. The predicted molar refractivity (Wildman–Crippen MR) is 87.7 cm³/mol. The van der Waals surface area contributed by atoms with Crippen LogP contribution in [0.1, 0.15) is 36.5 Å². The van der Waals surface area contributed by atoms with Crippen LogP contribution >= 0.6 is 0 Å². The van der Waals surface area contributed by atoms with Gasteiger partial charge in [0.15, 0.2) is 5.78 Å². The van der Waals surface area contributed by atoms with Crippen LogP contribution in [-0.4, -0.2) is 35.9 Å². The van der Waals surface area contributed by atoms with Gasteiger partial charge in [0, 0.05) is 12.1 Å². The Balaban J connectivity index is 0.00000106. The molecule has 1 aromatic rings. The summed E-state index contributed by atoms with van der Waals surface area (Å²) in [6.07, 6.45) is 3.94. The van der Waals surface area contributed by atoms with Gasteiger partial charge in [-0.3, -0.25) is 9.69 Å². The number of carbonyl (C=O) groups excluding carboxylic acids is 1. The van der Waals surface area contributed by atoms with Gasteiger partial charge in [0.1, 0.15) is 5.75 Å². The number of nitrogens with zero attached hydrogens (tertiary/aromatic N) is 1. The highest BCUT2D eigenvalue weighted by atomic mass is 16.3. The third-order valence-corrected chi connectivity index (χ3v) is 4.19. The average Bonchev–Trinajstić information content (AvgIpc) is 2.87. The van der Waals surface area contributed by atoms with Crippen molar-refractivity contribution in [2.45, 2.75) is 26.2 Å². The van der Waals surface area contributed by atoms with Gasteiger partial charge in [-0.05, 0) is 49.6 Å². The molecule has 1 aliphatic rings. The van der Waals surface area contributed by atoms with Crippen LogP contribution in [0, 0.1) is 11.8 Å². The van der Waals surface area contributed by atoms with Gasteiger partial charge in [-0.2, -0.15) is 0 Å². The van der Waals surface area contributed by atoms with Crippen LogP contribution in [0.4, 0.5) is 0 Å². The highest BCUT2D eigenvalue weighted by Crippen LogP contribution is 2.31. The molecule has 1 N–H and O–H groups in total. The van der Waals surface area contributed by atoms with Gasteiger partial charge in [-0.1, -0.05) is 19.8 Å². The first-order valence-electron chi connectivity index (χ1n) is 7.57. The molecule has 0 amide bonds. The Bertz CT molecular complexity index is 441. The van der Waals surface area contributed by atoms with Crippen LogP contribution in [0.15, 0.2) is 37.4 Å². The third-order valence-electron chi connectivity index (χ3n) is 4.19. The molecule has 0 aromatic heterocycles. The molecule has 0 heterocycles. The van der Waals surface area contributed by atoms with Gasteiger partial charge in [-0.15, -0.1) is 13.2 Å². The number of phenolic OH excluding ortho intramolecular Hbond substituents is 1. The van der Waals surface area contributed by atoms with E-state index in [9.17, 15) is 9.90 Å². The van der Waals surface area contributed by atoms with Crippen molar-refractivity contribution in [3.8, 4) is 5.75 Å². The van der Waals surface area contributed by atoms with E-state index >= 15 is 0 Å². The summed E-state index contributed by atoms with van der Waals surface area (Å²) < 4.78 is 0. The Labute approximate surface area is 128 Å². The molecule has 2 rings (SSSR count). The van der Waals surface area contributed by atoms with Crippen LogP contribution in [0.3, 0.4) is 0 Å². The minimum atomic E-state index is 0.119. The number of benzene rings is 1. The lowest BCUT2D eigenvalue weighted by molar-refractivity contribution is 0.0933. The Kier molecular flexibility index (Phi) is 7.17. The zero-order valence-corrected chi connectivity index (χ0v) is 13.2. The van der Waals surface area contributed by atoms with E-state index in [0.29, 0.717) is 12.1 Å². The summed E-state index contributed by atoms with van der Waals surface area (Å²) in [7, 11) is 2.02. The fourth-order valence-electron chi connectivity index (χ4n) is 2.94. The van der Waals surface area contributed by atoms with Crippen molar-refractivity contribution in [1.82, 2.24) is 4.90 Å². The fraction of sp³-hybridized carbons (Fsp3) is 0.500. The van der Waals surface area contributed by atoms with Crippen molar-refractivity contribution in [3.05, 3.63) is 43.0 Å². The highest BCUT2D eigenvalue weighted by molar-refractivity contribution is 5.97. The molecular formula is C18H27NO2. The van der Waals surface area contributed by atoms with Crippen molar-refractivity contribution in [1.29, 1.82) is 0 Å². The number of carbonyl (C=O) groups is 1. The van der Waals surface area contributed by atoms with Crippen molar-refractivity contribution >= 4 is 5.78 Å². The van der Waals surface area contributed by atoms with E-state index in [2.05, 4.69) is 25.0 Å². The van der Waals surface area contributed by atoms with E-state index in [4.69, 9.17) is 0 Å². The number of likely N-dealkylation sites (N-methyl/N-ethyl adjacent to an activating group) is 1. The first-order chi connectivity index (χ1) is 10.1.